The summed E-state index contributed by atoms with van der Waals surface area (Å²) < 4.78 is 50.0. The molecule has 0 aliphatic carbocycles. The van der Waals surface area contributed by atoms with Crippen LogP contribution in [0.4, 0.5) is 18.9 Å². The van der Waals surface area contributed by atoms with E-state index in [1.54, 1.807) is 32.0 Å². The number of rotatable bonds is 6. The SMILES string of the molecule is CCOC(=O)[C@H]1C(=O)NC(N2CCN(c3cccc(C(F)(F)F)c3)CC2)=N[C@H]1c1ccc(O)c(OCC)c1. The van der Waals surface area contributed by atoms with Gasteiger partial charge in [0.25, 0.3) is 0 Å². The molecule has 2 N–H and O–H groups in total. The molecule has 2 heterocycles. The number of halogens is 3. The molecule has 0 unspecified atom stereocenters. The molecule has 1 saturated heterocycles. The van der Waals surface area contributed by atoms with Gasteiger partial charge in [-0.15, -0.1) is 0 Å². The fraction of sp³-hybridized carbons (Fsp3) is 0.423. The van der Waals surface area contributed by atoms with Gasteiger partial charge in [-0.25, -0.2) is 4.99 Å². The van der Waals surface area contributed by atoms with E-state index >= 15 is 0 Å². The summed E-state index contributed by atoms with van der Waals surface area (Å²) in [7, 11) is 0. The van der Waals surface area contributed by atoms with Gasteiger partial charge in [0.1, 0.15) is 6.04 Å². The third kappa shape index (κ3) is 5.79. The molecule has 0 bridgehead atoms. The van der Waals surface area contributed by atoms with E-state index in [9.17, 15) is 27.9 Å². The van der Waals surface area contributed by atoms with E-state index in [2.05, 4.69) is 5.32 Å². The summed E-state index contributed by atoms with van der Waals surface area (Å²) in [6, 6.07) is 8.76. The number of amides is 1. The maximum absolute atomic E-state index is 13.1. The molecule has 9 nitrogen and oxygen atoms in total. The van der Waals surface area contributed by atoms with Gasteiger partial charge in [-0.05, 0) is 49.7 Å². The van der Waals surface area contributed by atoms with Crippen LogP contribution in [0.15, 0.2) is 47.5 Å². The molecule has 2 atom stereocenters. The molecule has 12 heteroatoms. The van der Waals surface area contributed by atoms with E-state index in [0.29, 0.717) is 44.0 Å². The number of carbonyl (C=O) groups excluding carboxylic acids is 2. The lowest BCUT2D eigenvalue weighted by atomic mass is 9.91. The lowest BCUT2D eigenvalue weighted by Crippen LogP contribution is -2.57. The van der Waals surface area contributed by atoms with Crippen molar-refractivity contribution in [2.75, 3.05) is 44.3 Å². The van der Waals surface area contributed by atoms with Crippen LogP contribution in [0.1, 0.15) is 31.0 Å². The van der Waals surface area contributed by atoms with Crippen LogP contribution >= 0.6 is 0 Å². The van der Waals surface area contributed by atoms with E-state index in [1.807, 2.05) is 9.80 Å². The molecule has 38 heavy (non-hydrogen) atoms. The predicted molar refractivity (Wildman–Crippen MR) is 133 cm³/mol. The third-order valence-electron chi connectivity index (χ3n) is 6.38. The average molecular weight is 535 g/mol. The largest absolute Gasteiger partial charge is 0.504 e. The van der Waals surface area contributed by atoms with E-state index in [4.69, 9.17) is 14.5 Å². The van der Waals surface area contributed by atoms with Crippen LogP contribution in [-0.4, -0.2) is 67.2 Å². The van der Waals surface area contributed by atoms with Crippen molar-refractivity contribution in [1.29, 1.82) is 0 Å². The molecule has 0 saturated carbocycles. The number of ether oxygens (including phenoxy) is 2. The highest BCUT2D eigenvalue weighted by Crippen LogP contribution is 2.36. The number of nitrogens with one attached hydrogen (secondary N) is 1. The average Bonchev–Trinajstić information content (AvgIpc) is 2.89. The highest BCUT2D eigenvalue weighted by Gasteiger charge is 2.42. The van der Waals surface area contributed by atoms with E-state index in [-0.39, 0.29) is 24.1 Å². The number of phenols is 1. The Bertz CT molecular complexity index is 1210. The number of guanidine groups is 1. The number of aliphatic imine (C=N–C) groups is 1. The van der Waals surface area contributed by atoms with E-state index in [1.165, 1.54) is 12.1 Å². The molecule has 0 aromatic heterocycles. The predicted octanol–water partition coefficient (Wildman–Crippen LogP) is 3.34. The molecule has 204 valence electrons. The van der Waals surface area contributed by atoms with Crippen molar-refractivity contribution >= 4 is 23.5 Å². The van der Waals surface area contributed by atoms with Crippen LogP contribution in [0.3, 0.4) is 0 Å². The highest BCUT2D eigenvalue weighted by molar-refractivity contribution is 6.08. The molecular weight excluding hydrogens is 505 g/mol. The number of benzene rings is 2. The van der Waals surface area contributed by atoms with Gasteiger partial charge >= 0.3 is 12.1 Å². The van der Waals surface area contributed by atoms with Gasteiger partial charge in [-0.2, -0.15) is 13.2 Å². The van der Waals surface area contributed by atoms with Crippen molar-refractivity contribution in [3.8, 4) is 11.5 Å². The smallest absolute Gasteiger partial charge is 0.416 e. The van der Waals surface area contributed by atoms with Gasteiger partial charge in [-0.1, -0.05) is 12.1 Å². The number of hydrogen-bond donors (Lipinski definition) is 2. The fourth-order valence-electron chi connectivity index (χ4n) is 4.51. The lowest BCUT2D eigenvalue weighted by Gasteiger charge is -2.39. The van der Waals surface area contributed by atoms with Crippen molar-refractivity contribution in [3.05, 3.63) is 53.6 Å². The van der Waals surface area contributed by atoms with Crippen LogP contribution in [0, 0.1) is 5.92 Å². The third-order valence-corrected chi connectivity index (χ3v) is 6.38. The van der Waals surface area contributed by atoms with Crippen molar-refractivity contribution in [1.82, 2.24) is 10.2 Å². The maximum Gasteiger partial charge on any atom is 0.416 e. The monoisotopic (exact) mass is 534 g/mol. The number of alkyl halides is 3. The minimum Gasteiger partial charge on any atom is -0.504 e. The summed E-state index contributed by atoms with van der Waals surface area (Å²) >= 11 is 0. The number of hydrogen-bond acceptors (Lipinski definition) is 8. The maximum atomic E-state index is 13.1. The standard InChI is InChI=1S/C26H29F3N4O5/c1-3-37-20-14-16(8-9-19(20)34)22-21(24(36)38-4-2)23(35)31-25(30-22)33-12-10-32(11-13-33)18-7-5-6-17(15-18)26(27,28)29/h5-9,14-15,21-22,34H,3-4,10-13H2,1-2H3,(H,30,31,35)/t21-,22+/m1/s1. The number of nitrogens with zero attached hydrogens (tertiary/aromatic N) is 3. The summed E-state index contributed by atoms with van der Waals surface area (Å²) in [6.45, 7) is 5.34. The molecule has 4 rings (SSSR count). The molecule has 0 spiro atoms. The van der Waals surface area contributed by atoms with Crippen molar-refractivity contribution in [2.45, 2.75) is 26.1 Å². The normalized spacial score (nSPS) is 20.0. The molecule has 2 aromatic carbocycles. The first kappa shape index (κ1) is 27.1. The second-order valence-electron chi connectivity index (χ2n) is 8.80. The fourth-order valence-corrected chi connectivity index (χ4v) is 4.51. The zero-order chi connectivity index (χ0) is 27.4. The second-order valence-corrected chi connectivity index (χ2v) is 8.80. The molecule has 1 fully saturated rings. The first-order chi connectivity index (χ1) is 18.1. The number of piperazine rings is 1. The summed E-state index contributed by atoms with van der Waals surface area (Å²) in [5.74, 6) is -2.18. The Labute approximate surface area is 217 Å². The number of esters is 1. The van der Waals surface area contributed by atoms with Crippen molar-refractivity contribution in [3.63, 3.8) is 0 Å². The van der Waals surface area contributed by atoms with Crippen LogP contribution in [0.5, 0.6) is 11.5 Å². The van der Waals surface area contributed by atoms with Gasteiger partial charge in [0.05, 0.1) is 18.8 Å². The van der Waals surface area contributed by atoms with Gasteiger partial charge in [0, 0.05) is 31.9 Å². The summed E-state index contributed by atoms with van der Waals surface area (Å²) in [4.78, 5) is 34.2. The molecule has 2 aliphatic rings. The second kappa shape index (κ2) is 11.2. The Kier molecular flexibility index (Phi) is 7.98. The zero-order valence-corrected chi connectivity index (χ0v) is 21.0. The van der Waals surface area contributed by atoms with Crippen LogP contribution in [-0.2, 0) is 20.5 Å². The topological polar surface area (TPSA) is 104 Å². The molecular formula is C26H29F3N4O5. The van der Waals surface area contributed by atoms with E-state index < -0.39 is 35.6 Å². The quantitative estimate of drug-likeness (QED) is 0.433. The van der Waals surface area contributed by atoms with Crippen LogP contribution < -0.4 is 15.0 Å². The molecule has 2 aliphatic heterocycles. The Morgan fingerprint density at radius 2 is 1.79 bits per heavy atom. The summed E-state index contributed by atoms with van der Waals surface area (Å²) in [5, 5.41) is 12.8. The first-order valence-electron chi connectivity index (χ1n) is 12.3. The Morgan fingerprint density at radius 3 is 2.45 bits per heavy atom. The highest BCUT2D eigenvalue weighted by atomic mass is 19.4. The Morgan fingerprint density at radius 1 is 1.08 bits per heavy atom. The Balaban J connectivity index is 1.58. The molecule has 2 aromatic rings. The number of phenolic OH excluding ortho intramolecular Hbond substituents is 1. The van der Waals surface area contributed by atoms with Gasteiger partial charge in [0.15, 0.2) is 17.4 Å². The van der Waals surface area contributed by atoms with Crippen LogP contribution in [0.25, 0.3) is 0 Å². The molecule has 0 radical (unpaired) electrons. The van der Waals surface area contributed by atoms with Crippen LogP contribution in [0.2, 0.25) is 0 Å². The van der Waals surface area contributed by atoms with Crippen molar-refractivity contribution in [2.24, 2.45) is 10.9 Å². The van der Waals surface area contributed by atoms with Gasteiger partial charge in [-0.3, -0.25) is 14.9 Å². The molecule has 1 amide bonds. The first-order valence-corrected chi connectivity index (χ1v) is 12.3. The Hall–Kier alpha value is -3.96. The minimum absolute atomic E-state index is 0.0848. The minimum atomic E-state index is -4.43. The number of aromatic hydroxyl groups is 1. The van der Waals surface area contributed by atoms with Gasteiger partial charge < -0.3 is 24.4 Å². The van der Waals surface area contributed by atoms with E-state index in [0.717, 1.165) is 12.1 Å². The number of anilines is 1. The lowest BCUT2D eigenvalue weighted by molar-refractivity contribution is -0.153. The van der Waals surface area contributed by atoms with Crippen molar-refractivity contribution < 1.29 is 37.3 Å². The number of carbonyl (C=O) groups is 2. The summed E-state index contributed by atoms with van der Waals surface area (Å²) in [6.07, 6.45) is -4.43. The summed E-state index contributed by atoms with van der Waals surface area (Å²) in [5.41, 5.74) is 0.232. The zero-order valence-electron chi connectivity index (χ0n) is 21.0. The van der Waals surface area contributed by atoms with Gasteiger partial charge in [0.2, 0.25) is 11.9 Å².